The van der Waals surface area contributed by atoms with Crippen molar-refractivity contribution in [2.24, 2.45) is 0 Å². The molecule has 10 heteroatoms. The first-order valence-corrected chi connectivity index (χ1v) is 9.73. The molecule has 1 aliphatic rings. The van der Waals surface area contributed by atoms with Crippen molar-refractivity contribution in [2.75, 3.05) is 7.11 Å². The Balaban J connectivity index is 1.45. The van der Waals surface area contributed by atoms with Crippen molar-refractivity contribution in [2.45, 2.75) is 32.2 Å². The topological polar surface area (TPSA) is 109 Å². The highest BCUT2D eigenvalue weighted by molar-refractivity contribution is 5.87. The number of methoxy groups -OCH3 is 1. The van der Waals surface area contributed by atoms with Crippen LogP contribution in [0, 0.1) is 6.92 Å². The Morgan fingerprint density at radius 3 is 2.97 bits per heavy atom. The second kappa shape index (κ2) is 6.34. The van der Waals surface area contributed by atoms with Gasteiger partial charge in [-0.15, -0.1) is 10.2 Å². The van der Waals surface area contributed by atoms with E-state index < -0.39 is 0 Å². The van der Waals surface area contributed by atoms with E-state index in [1.165, 1.54) is 6.33 Å². The molecule has 1 aliphatic carbocycles. The number of nitrogens with zero attached hydrogens (tertiary/aromatic N) is 8. The quantitative estimate of drug-likeness (QED) is 0.441. The molecule has 0 aromatic carbocycles. The van der Waals surface area contributed by atoms with Crippen LogP contribution in [0.3, 0.4) is 0 Å². The number of aromatic nitrogens is 8. The van der Waals surface area contributed by atoms with Crippen LogP contribution in [0.5, 0.6) is 5.88 Å². The molecule has 5 aromatic heterocycles. The van der Waals surface area contributed by atoms with Gasteiger partial charge in [0.1, 0.15) is 24.2 Å². The van der Waals surface area contributed by atoms with Crippen LogP contribution in [0.25, 0.3) is 27.8 Å². The lowest BCUT2D eigenvalue weighted by molar-refractivity contribution is 0.399. The van der Waals surface area contributed by atoms with Crippen molar-refractivity contribution >= 4 is 16.7 Å². The molecule has 6 rings (SSSR count). The summed E-state index contributed by atoms with van der Waals surface area (Å²) in [5, 5.41) is 12.7. The van der Waals surface area contributed by atoms with Crippen LogP contribution in [-0.2, 0) is 6.54 Å². The smallest absolute Gasteiger partial charge is 0.241 e. The summed E-state index contributed by atoms with van der Waals surface area (Å²) in [5.74, 6) is 3.09. The number of hydrogen-bond acceptors (Lipinski definition) is 8. The zero-order valence-corrected chi connectivity index (χ0v) is 16.5. The van der Waals surface area contributed by atoms with Gasteiger partial charge in [-0.3, -0.25) is 0 Å². The molecule has 1 saturated carbocycles. The minimum Gasteiger partial charge on any atom is -0.479 e. The van der Waals surface area contributed by atoms with Gasteiger partial charge in [-0.25, -0.2) is 14.5 Å². The molecule has 0 spiro atoms. The van der Waals surface area contributed by atoms with E-state index in [4.69, 9.17) is 9.15 Å². The number of pyridine rings is 1. The van der Waals surface area contributed by atoms with Crippen LogP contribution >= 0.6 is 0 Å². The Morgan fingerprint density at radius 2 is 2.13 bits per heavy atom. The number of imidazole rings is 1. The van der Waals surface area contributed by atoms with Crippen molar-refractivity contribution in [3.8, 4) is 17.0 Å². The summed E-state index contributed by atoms with van der Waals surface area (Å²) in [5.41, 5.74) is 4.20. The molecule has 30 heavy (non-hydrogen) atoms. The first-order valence-electron chi connectivity index (χ1n) is 9.73. The third-order valence-electron chi connectivity index (χ3n) is 5.42. The monoisotopic (exact) mass is 402 g/mol. The molecule has 150 valence electrons. The van der Waals surface area contributed by atoms with Crippen molar-refractivity contribution in [1.82, 2.24) is 39.3 Å². The van der Waals surface area contributed by atoms with Crippen LogP contribution in [0.1, 0.15) is 36.4 Å². The van der Waals surface area contributed by atoms with Gasteiger partial charge < -0.3 is 13.7 Å². The largest absolute Gasteiger partial charge is 0.479 e. The Bertz CT molecular complexity index is 1390. The summed E-state index contributed by atoms with van der Waals surface area (Å²) in [4.78, 5) is 13.4. The predicted molar refractivity (Wildman–Crippen MR) is 106 cm³/mol. The molecule has 5 heterocycles. The highest BCUT2D eigenvalue weighted by Crippen LogP contribution is 2.39. The molecule has 0 unspecified atom stereocenters. The molecule has 0 bridgehead atoms. The van der Waals surface area contributed by atoms with E-state index in [2.05, 4.69) is 36.3 Å². The maximum atomic E-state index is 5.85. The number of rotatable bonds is 5. The molecule has 0 amide bonds. The summed E-state index contributed by atoms with van der Waals surface area (Å²) < 4.78 is 15.1. The zero-order valence-electron chi connectivity index (χ0n) is 16.5. The fourth-order valence-electron chi connectivity index (χ4n) is 3.74. The van der Waals surface area contributed by atoms with Crippen molar-refractivity contribution in [3.63, 3.8) is 0 Å². The Hall–Kier alpha value is -3.82. The molecule has 0 atom stereocenters. The lowest BCUT2D eigenvalue weighted by atomic mass is 10.1. The fourth-order valence-corrected chi connectivity index (χ4v) is 3.74. The van der Waals surface area contributed by atoms with Crippen molar-refractivity contribution < 1.29 is 9.15 Å². The van der Waals surface area contributed by atoms with Gasteiger partial charge in [0.05, 0.1) is 12.6 Å². The highest BCUT2D eigenvalue weighted by atomic mass is 16.5. The lowest BCUT2D eigenvalue weighted by Crippen LogP contribution is -2.02. The zero-order chi connectivity index (χ0) is 20.2. The molecular weight excluding hydrogens is 384 g/mol. The Kier molecular flexibility index (Phi) is 3.61. The average Bonchev–Trinajstić information content (AvgIpc) is 3.22. The van der Waals surface area contributed by atoms with Crippen LogP contribution < -0.4 is 4.74 Å². The molecule has 1 fully saturated rings. The summed E-state index contributed by atoms with van der Waals surface area (Å²) in [6.45, 7) is 2.40. The summed E-state index contributed by atoms with van der Waals surface area (Å²) >= 11 is 0. The van der Waals surface area contributed by atoms with E-state index in [0.29, 0.717) is 29.9 Å². The van der Waals surface area contributed by atoms with Crippen LogP contribution in [0.15, 0.2) is 35.3 Å². The van der Waals surface area contributed by atoms with Gasteiger partial charge in [-0.1, -0.05) is 0 Å². The van der Waals surface area contributed by atoms with Crippen LogP contribution in [-0.4, -0.2) is 46.4 Å². The Morgan fingerprint density at radius 1 is 1.23 bits per heavy atom. The van der Waals surface area contributed by atoms with E-state index in [-0.39, 0.29) is 0 Å². The maximum absolute atomic E-state index is 5.85. The minimum absolute atomic E-state index is 0.431. The third kappa shape index (κ3) is 2.64. The average molecular weight is 402 g/mol. The van der Waals surface area contributed by atoms with E-state index in [9.17, 15) is 0 Å². The van der Waals surface area contributed by atoms with Crippen LogP contribution in [0.2, 0.25) is 0 Å². The van der Waals surface area contributed by atoms with Crippen molar-refractivity contribution in [3.05, 3.63) is 48.5 Å². The van der Waals surface area contributed by atoms with E-state index in [1.54, 1.807) is 17.8 Å². The first-order chi connectivity index (χ1) is 14.7. The Labute approximate surface area is 170 Å². The molecule has 0 N–H and O–H groups in total. The van der Waals surface area contributed by atoms with Gasteiger partial charge in [0.2, 0.25) is 17.7 Å². The molecule has 0 aliphatic heterocycles. The van der Waals surface area contributed by atoms with Gasteiger partial charge >= 0.3 is 0 Å². The summed E-state index contributed by atoms with van der Waals surface area (Å²) in [6, 6.07) is 4.03. The summed E-state index contributed by atoms with van der Waals surface area (Å²) in [7, 11) is 1.60. The van der Waals surface area contributed by atoms with Crippen molar-refractivity contribution in [1.29, 1.82) is 0 Å². The second-order valence-corrected chi connectivity index (χ2v) is 7.41. The maximum Gasteiger partial charge on any atom is 0.241 e. The predicted octanol–water partition coefficient (Wildman–Crippen LogP) is 2.77. The van der Waals surface area contributed by atoms with Gasteiger partial charge in [0.25, 0.3) is 0 Å². The standard InChI is InChI=1S/C20H18N8O2/c1-11-24-18-15(27(11)9-16-25-26-19(30-16)12-3-4-12)7-13(8-21-18)14-5-6-28-17(14)20(29-2)22-10-23-28/h5-8,10,12H,3-4,9H2,1-2H3. The number of ether oxygens (including phenoxy) is 1. The molecule has 0 saturated heterocycles. The molecule has 10 nitrogen and oxygen atoms in total. The fraction of sp³-hybridized carbons (Fsp3) is 0.300. The molecular formula is C20H18N8O2. The minimum atomic E-state index is 0.431. The van der Waals surface area contributed by atoms with E-state index in [0.717, 1.165) is 46.7 Å². The van der Waals surface area contributed by atoms with Crippen LogP contribution in [0.4, 0.5) is 0 Å². The second-order valence-electron chi connectivity index (χ2n) is 7.41. The first kappa shape index (κ1) is 17.1. The van der Waals surface area contributed by atoms with Gasteiger partial charge in [0, 0.05) is 29.4 Å². The highest BCUT2D eigenvalue weighted by Gasteiger charge is 2.29. The van der Waals surface area contributed by atoms with E-state index in [1.807, 2.05) is 23.8 Å². The SMILES string of the molecule is COc1ncnn2ccc(-c3cnc4nc(C)n(Cc5nnc(C6CC6)o5)c4c3)c12. The van der Waals surface area contributed by atoms with Gasteiger partial charge in [-0.2, -0.15) is 10.1 Å². The normalized spacial score (nSPS) is 14.1. The lowest BCUT2D eigenvalue weighted by Gasteiger charge is -2.06. The van der Waals surface area contributed by atoms with E-state index >= 15 is 0 Å². The summed E-state index contributed by atoms with van der Waals surface area (Å²) in [6.07, 6.45) is 7.40. The number of fused-ring (bicyclic) bond motifs is 2. The van der Waals surface area contributed by atoms with Gasteiger partial charge in [0.15, 0.2) is 5.65 Å². The molecule has 5 aromatic rings. The molecule has 0 radical (unpaired) electrons. The third-order valence-corrected chi connectivity index (χ3v) is 5.42. The van der Waals surface area contributed by atoms with Gasteiger partial charge in [-0.05, 0) is 31.9 Å². The number of aryl methyl sites for hydroxylation is 1. The number of hydrogen-bond donors (Lipinski definition) is 0.